The first kappa shape index (κ1) is 16.6. The minimum absolute atomic E-state index is 0.0997. The van der Waals surface area contributed by atoms with Crippen LogP contribution in [0.5, 0.6) is 5.75 Å². The number of rotatable bonds is 7. The van der Waals surface area contributed by atoms with Crippen LogP contribution in [0.15, 0.2) is 24.3 Å². The third kappa shape index (κ3) is 5.23. The Labute approximate surface area is 121 Å². The van der Waals surface area contributed by atoms with Gasteiger partial charge >= 0.3 is 5.97 Å². The molecule has 2 N–H and O–H groups in total. The van der Waals surface area contributed by atoms with Gasteiger partial charge in [-0.25, -0.2) is 9.18 Å². The summed E-state index contributed by atoms with van der Waals surface area (Å²) >= 11 is 0. The molecule has 1 aromatic rings. The number of carbonyl (C=O) groups is 2. The summed E-state index contributed by atoms with van der Waals surface area (Å²) in [6, 6.07) is 3.06. The lowest BCUT2D eigenvalue weighted by molar-refractivity contribution is -0.142. The van der Waals surface area contributed by atoms with Crippen LogP contribution in [0.3, 0.4) is 0 Å². The fraction of sp³-hybridized carbons (Fsp3) is 0.286. The van der Waals surface area contributed by atoms with Gasteiger partial charge in [-0.1, -0.05) is 6.07 Å². The number of nitrogens with one attached hydrogen (secondary N) is 1. The van der Waals surface area contributed by atoms with Crippen molar-refractivity contribution in [3.05, 3.63) is 35.7 Å². The van der Waals surface area contributed by atoms with Gasteiger partial charge in [-0.2, -0.15) is 0 Å². The molecule has 7 heteroatoms. The van der Waals surface area contributed by atoms with Crippen molar-refractivity contribution in [1.29, 1.82) is 0 Å². The van der Waals surface area contributed by atoms with E-state index in [2.05, 4.69) is 10.1 Å². The van der Waals surface area contributed by atoms with E-state index in [4.69, 9.17) is 9.84 Å². The molecule has 0 heterocycles. The number of hydrogen-bond acceptors (Lipinski definition) is 4. The molecule has 1 rings (SSSR count). The Kier molecular flexibility index (Phi) is 6.35. The van der Waals surface area contributed by atoms with Crippen LogP contribution in [-0.4, -0.2) is 43.9 Å². The van der Waals surface area contributed by atoms with Crippen LogP contribution in [0.25, 0.3) is 6.08 Å². The Balaban J connectivity index is 2.69. The summed E-state index contributed by atoms with van der Waals surface area (Å²) in [5, 5.41) is 11.1. The standard InChI is InChI=1S/C14H16FNO5/c1-20-8-11(14(18)19)16-13(17)6-4-9-3-5-12(21-2)10(15)7-9/h3-7,11H,8H2,1-2H3,(H,16,17)(H,18,19)/b6-4+. The van der Waals surface area contributed by atoms with Crippen LogP contribution in [0.2, 0.25) is 0 Å². The topological polar surface area (TPSA) is 84.9 Å². The Hall–Kier alpha value is -2.41. The first-order valence-electron chi connectivity index (χ1n) is 6.01. The summed E-state index contributed by atoms with van der Waals surface area (Å²) in [7, 11) is 2.68. The summed E-state index contributed by atoms with van der Waals surface area (Å²) in [5.74, 6) is -2.27. The molecule has 0 aliphatic heterocycles. The minimum Gasteiger partial charge on any atom is -0.494 e. The van der Waals surface area contributed by atoms with Crippen molar-refractivity contribution in [1.82, 2.24) is 5.32 Å². The van der Waals surface area contributed by atoms with E-state index in [-0.39, 0.29) is 12.4 Å². The van der Waals surface area contributed by atoms with Gasteiger partial charge in [0.15, 0.2) is 17.6 Å². The highest BCUT2D eigenvalue weighted by atomic mass is 19.1. The molecule has 1 amide bonds. The predicted octanol–water partition coefficient (Wildman–Crippen LogP) is 1.06. The van der Waals surface area contributed by atoms with Crippen molar-refractivity contribution in [2.45, 2.75) is 6.04 Å². The SMILES string of the molecule is COCC(NC(=O)/C=C/c1ccc(OC)c(F)c1)C(=O)O. The lowest BCUT2D eigenvalue weighted by Gasteiger charge is -2.11. The molecule has 0 radical (unpaired) electrons. The molecule has 0 spiro atoms. The maximum atomic E-state index is 13.4. The van der Waals surface area contributed by atoms with E-state index < -0.39 is 23.7 Å². The van der Waals surface area contributed by atoms with E-state index in [1.807, 2.05) is 0 Å². The Morgan fingerprint density at radius 3 is 2.67 bits per heavy atom. The van der Waals surface area contributed by atoms with Crippen molar-refractivity contribution >= 4 is 18.0 Å². The van der Waals surface area contributed by atoms with E-state index in [1.54, 1.807) is 6.07 Å². The molecule has 6 nitrogen and oxygen atoms in total. The van der Waals surface area contributed by atoms with Gasteiger partial charge in [-0.3, -0.25) is 4.79 Å². The fourth-order valence-corrected chi connectivity index (χ4v) is 1.52. The van der Waals surface area contributed by atoms with E-state index in [9.17, 15) is 14.0 Å². The quantitative estimate of drug-likeness (QED) is 0.735. The molecule has 0 saturated carbocycles. The third-order valence-electron chi connectivity index (χ3n) is 2.55. The number of carbonyl (C=O) groups excluding carboxylic acids is 1. The molecule has 0 bridgehead atoms. The number of carboxylic acid groups (broad SMARTS) is 1. The van der Waals surface area contributed by atoms with Crippen LogP contribution < -0.4 is 10.1 Å². The van der Waals surface area contributed by atoms with Crippen molar-refractivity contribution in [2.75, 3.05) is 20.8 Å². The number of ether oxygens (including phenoxy) is 2. The number of carboxylic acids is 1. The van der Waals surface area contributed by atoms with E-state index in [0.29, 0.717) is 5.56 Å². The maximum absolute atomic E-state index is 13.4. The number of benzene rings is 1. The molecule has 0 aliphatic carbocycles. The first-order valence-corrected chi connectivity index (χ1v) is 6.01. The molecular formula is C14H16FNO5. The highest BCUT2D eigenvalue weighted by molar-refractivity contribution is 5.94. The lowest BCUT2D eigenvalue weighted by atomic mass is 10.2. The van der Waals surface area contributed by atoms with Crippen molar-refractivity contribution < 1.29 is 28.6 Å². The fourth-order valence-electron chi connectivity index (χ4n) is 1.52. The molecule has 0 aliphatic rings. The monoisotopic (exact) mass is 297 g/mol. The smallest absolute Gasteiger partial charge is 0.328 e. The van der Waals surface area contributed by atoms with Gasteiger partial charge in [0.05, 0.1) is 13.7 Å². The number of aliphatic carboxylic acids is 1. The molecular weight excluding hydrogens is 281 g/mol. The van der Waals surface area contributed by atoms with Crippen LogP contribution in [0.1, 0.15) is 5.56 Å². The van der Waals surface area contributed by atoms with E-state index >= 15 is 0 Å². The van der Waals surface area contributed by atoms with Crippen molar-refractivity contribution in [3.63, 3.8) is 0 Å². The van der Waals surface area contributed by atoms with Crippen LogP contribution in [-0.2, 0) is 14.3 Å². The molecule has 1 atom stereocenters. The van der Waals surface area contributed by atoms with E-state index in [1.165, 1.54) is 32.4 Å². The Bertz CT molecular complexity index is 544. The molecule has 1 unspecified atom stereocenters. The van der Waals surface area contributed by atoms with Gasteiger partial charge in [-0.05, 0) is 23.8 Å². The van der Waals surface area contributed by atoms with Gasteiger partial charge in [0, 0.05) is 13.2 Å². The second-order valence-corrected chi connectivity index (χ2v) is 4.08. The summed E-state index contributed by atoms with van der Waals surface area (Å²) in [4.78, 5) is 22.4. The van der Waals surface area contributed by atoms with Gasteiger partial charge in [0.1, 0.15) is 0 Å². The van der Waals surface area contributed by atoms with Gasteiger partial charge in [-0.15, -0.1) is 0 Å². The highest BCUT2D eigenvalue weighted by Crippen LogP contribution is 2.18. The largest absolute Gasteiger partial charge is 0.494 e. The summed E-state index contributed by atoms with van der Waals surface area (Å²) in [5.41, 5.74) is 0.446. The van der Waals surface area contributed by atoms with Crippen LogP contribution in [0.4, 0.5) is 4.39 Å². The van der Waals surface area contributed by atoms with E-state index in [0.717, 1.165) is 6.08 Å². The van der Waals surface area contributed by atoms with Crippen LogP contribution >= 0.6 is 0 Å². The molecule has 0 fully saturated rings. The maximum Gasteiger partial charge on any atom is 0.328 e. The zero-order valence-corrected chi connectivity index (χ0v) is 11.6. The van der Waals surface area contributed by atoms with Crippen molar-refractivity contribution in [2.24, 2.45) is 0 Å². The average molecular weight is 297 g/mol. The summed E-state index contributed by atoms with van der Waals surface area (Å²) in [6.07, 6.45) is 2.48. The molecule has 114 valence electrons. The van der Waals surface area contributed by atoms with Gasteiger partial charge < -0.3 is 19.9 Å². The average Bonchev–Trinajstić information content (AvgIpc) is 2.44. The Morgan fingerprint density at radius 2 is 2.14 bits per heavy atom. The summed E-state index contributed by atoms with van der Waals surface area (Å²) < 4.78 is 22.9. The zero-order valence-electron chi connectivity index (χ0n) is 11.6. The van der Waals surface area contributed by atoms with Gasteiger partial charge in [0.2, 0.25) is 5.91 Å². The second-order valence-electron chi connectivity index (χ2n) is 4.08. The first-order chi connectivity index (χ1) is 9.97. The number of methoxy groups -OCH3 is 2. The zero-order chi connectivity index (χ0) is 15.8. The highest BCUT2D eigenvalue weighted by Gasteiger charge is 2.18. The van der Waals surface area contributed by atoms with Crippen molar-refractivity contribution in [3.8, 4) is 5.75 Å². The molecule has 1 aromatic carbocycles. The summed E-state index contributed by atoms with van der Waals surface area (Å²) in [6.45, 7) is -0.147. The molecule has 0 saturated heterocycles. The predicted molar refractivity (Wildman–Crippen MR) is 73.4 cm³/mol. The van der Waals surface area contributed by atoms with Crippen LogP contribution in [0, 0.1) is 5.82 Å². The lowest BCUT2D eigenvalue weighted by Crippen LogP contribution is -2.43. The Morgan fingerprint density at radius 1 is 1.43 bits per heavy atom. The molecule has 0 aromatic heterocycles. The minimum atomic E-state index is -1.20. The third-order valence-corrected chi connectivity index (χ3v) is 2.55. The van der Waals surface area contributed by atoms with Gasteiger partial charge in [0.25, 0.3) is 0 Å². The normalized spacial score (nSPS) is 12.1. The number of amides is 1. The number of hydrogen-bond donors (Lipinski definition) is 2. The second kappa shape index (κ2) is 8.01. The molecule has 21 heavy (non-hydrogen) atoms. The number of halogens is 1.